The summed E-state index contributed by atoms with van der Waals surface area (Å²) in [5.41, 5.74) is -4.30. The fourth-order valence-corrected chi connectivity index (χ4v) is 7.67. The zero-order valence-electron chi connectivity index (χ0n) is 21.0. The molecule has 1 aliphatic heterocycles. The molecule has 1 heterocycles. The van der Waals surface area contributed by atoms with Crippen LogP contribution in [0, 0.1) is 6.92 Å². The van der Waals surface area contributed by atoms with Crippen LogP contribution in [0.25, 0.3) is 0 Å². The van der Waals surface area contributed by atoms with Gasteiger partial charge in [-0.05, 0) is 62.6 Å². The fraction of sp³-hybridized carbons (Fsp3) is 0.423. The molecule has 0 N–H and O–H groups in total. The van der Waals surface area contributed by atoms with E-state index in [9.17, 15) is 34.8 Å². The van der Waals surface area contributed by atoms with Crippen LogP contribution in [-0.2, 0) is 28.9 Å². The van der Waals surface area contributed by atoms with Crippen molar-refractivity contribution < 1.29 is 39.0 Å². The number of alkyl halides is 3. The molecule has 0 aromatic heterocycles. The van der Waals surface area contributed by atoms with Crippen molar-refractivity contribution in [3.05, 3.63) is 77.1 Å². The third-order valence-electron chi connectivity index (χ3n) is 7.46. The van der Waals surface area contributed by atoms with Gasteiger partial charge in [-0.2, -0.15) is 21.6 Å². The van der Waals surface area contributed by atoms with Gasteiger partial charge < -0.3 is 4.18 Å². The summed E-state index contributed by atoms with van der Waals surface area (Å²) in [6, 6.07) is 12.6. The number of allylic oxidation sites excluding steroid dienone is 1. The molecule has 4 rings (SSSR count). The minimum absolute atomic E-state index is 0.0676. The number of halogens is 3. The van der Waals surface area contributed by atoms with Gasteiger partial charge in [0.15, 0.2) is 15.6 Å². The smallest absolute Gasteiger partial charge is 0.381 e. The molecular formula is C26H28F3NO6S2. The van der Waals surface area contributed by atoms with Crippen LogP contribution in [0.2, 0.25) is 0 Å². The Hall–Kier alpha value is -2.70. The Bertz CT molecular complexity index is 1490. The number of fused-ring (bicyclic) bond motifs is 1. The summed E-state index contributed by atoms with van der Waals surface area (Å²) in [7, 11) is -8.79. The Morgan fingerprint density at radius 1 is 1.00 bits per heavy atom. The van der Waals surface area contributed by atoms with Crippen LogP contribution < -0.4 is 0 Å². The highest BCUT2D eigenvalue weighted by Gasteiger charge is 2.56. The first kappa shape index (κ1) is 28.3. The molecule has 0 spiro atoms. The molecule has 2 aliphatic rings. The SMILES string of the molecule is Cc1ccccc1C1C(=O)C(C)(S(=O)(=O)c2ccccc2)CC2=C(OS(=O)(=O)C(F)(F)F)CCCC2N1C. The summed E-state index contributed by atoms with van der Waals surface area (Å²) in [4.78, 5) is 15.9. The minimum Gasteiger partial charge on any atom is -0.381 e. The van der Waals surface area contributed by atoms with E-state index < -0.39 is 60.3 Å². The molecule has 1 saturated heterocycles. The van der Waals surface area contributed by atoms with E-state index >= 15 is 0 Å². The van der Waals surface area contributed by atoms with E-state index in [-0.39, 0.29) is 23.3 Å². The summed E-state index contributed by atoms with van der Waals surface area (Å²) >= 11 is 0. The molecule has 7 nitrogen and oxygen atoms in total. The summed E-state index contributed by atoms with van der Waals surface area (Å²) in [6.45, 7) is 3.04. The highest BCUT2D eigenvalue weighted by Crippen LogP contribution is 2.48. The van der Waals surface area contributed by atoms with Gasteiger partial charge >= 0.3 is 15.6 Å². The molecule has 0 saturated carbocycles. The minimum atomic E-state index is -6.00. The van der Waals surface area contributed by atoms with Crippen molar-refractivity contribution in [2.75, 3.05) is 7.05 Å². The van der Waals surface area contributed by atoms with Crippen molar-refractivity contribution in [2.24, 2.45) is 0 Å². The Kier molecular flexibility index (Phi) is 7.30. The number of Topliss-reactive ketones (excluding diaryl/α,β-unsaturated/α-hetero) is 1. The van der Waals surface area contributed by atoms with E-state index in [0.717, 1.165) is 5.56 Å². The number of likely N-dealkylation sites (tertiary alicyclic amines) is 1. The molecule has 3 atom stereocenters. The van der Waals surface area contributed by atoms with E-state index in [2.05, 4.69) is 4.18 Å². The molecule has 1 fully saturated rings. The van der Waals surface area contributed by atoms with Crippen molar-refractivity contribution in [2.45, 2.75) is 66.8 Å². The first-order valence-corrected chi connectivity index (χ1v) is 14.8. The number of benzene rings is 2. The number of nitrogens with zero attached hydrogens (tertiary/aromatic N) is 1. The van der Waals surface area contributed by atoms with Crippen molar-refractivity contribution in [1.29, 1.82) is 0 Å². The monoisotopic (exact) mass is 571 g/mol. The molecular weight excluding hydrogens is 543 g/mol. The van der Waals surface area contributed by atoms with E-state index in [1.165, 1.54) is 31.2 Å². The molecule has 0 bridgehead atoms. The number of carbonyl (C=O) groups is 1. The number of hydrogen-bond acceptors (Lipinski definition) is 7. The maximum absolute atomic E-state index is 14.4. The number of likely N-dealkylation sites (N-methyl/N-ethyl adjacent to an activating group) is 1. The van der Waals surface area contributed by atoms with Gasteiger partial charge in [-0.3, -0.25) is 9.69 Å². The van der Waals surface area contributed by atoms with Crippen LogP contribution in [0.5, 0.6) is 0 Å². The highest BCUT2D eigenvalue weighted by atomic mass is 32.2. The zero-order valence-corrected chi connectivity index (χ0v) is 22.7. The van der Waals surface area contributed by atoms with Gasteiger partial charge in [-0.15, -0.1) is 0 Å². The van der Waals surface area contributed by atoms with Gasteiger partial charge in [0.05, 0.1) is 10.9 Å². The van der Waals surface area contributed by atoms with Gasteiger partial charge in [0.25, 0.3) is 0 Å². The number of sulfone groups is 1. The lowest BCUT2D eigenvalue weighted by molar-refractivity contribution is -0.126. The molecule has 12 heteroatoms. The van der Waals surface area contributed by atoms with Crippen LogP contribution >= 0.6 is 0 Å². The average molecular weight is 572 g/mol. The lowest BCUT2D eigenvalue weighted by atomic mass is 9.86. The Morgan fingerprint density at radius 3 is 2.21 bits per heavy atom. The topological polar surface area (TPSA) is 97.8 Å². The molecule has 206 valence electrons. The van der Waals surface area contributed by atoms with E-state index in [1.807, 2.05) is 0 Å². The molecule has 0 amide bonds. The van der Waals surface area contributed by atoms with Gasteiger partial charge in [-0.1, -0.05) is 42.5 Å². The number of ketones is 1. The number of carbonyl (C=O) groups excluding carboxylic acids is 1. The lowest BCUT2D eigenvalue weighted by Crippen LogP contribution is -2.48. The molecule has 0 radical (unpaired) electrons. The van der Waals surface area contributed by atoms with Gasteiger partial charge in [0, 0.05) is 18.9 Å². The van der Waals surface area contributed by atoms with Crippen LogP contribution in [0.3, 0.4) is 0 Å². The number of hydrogen-bond donors (Lipinski definition) is 0. The second kappa shape index (κ2) is 9.80. The van der Waals surface area contributed by atoms with E-state index in [4.69, 9.17) is 0 Å². The van der Waals surface area contributed by atoms with Crippen LogP contribution in [0.4, 0.5) is 13.2 Å². The largest absolute Gasteiger partial charge is 0.534 e. The maximum atomic E-state index is 14.4. The third kappa shape index (κ3) is 4.66. The Balaban J connectivity index is 1.99. The number of aryl methyl sites for hydroxylation is 1. The fourth-order valence-electron chi connectivity index (χ4n) is 5.36. The van der Waals surface area contributed by atoms with Crippen molar-refractivity contribution in [1.82, 2.24) is 4.90 Å². The molecule has 38 heavy (non-hydrogen) atoms. The average Bonchev–Trinajstić information content (AvgIpc) is 2.93. The quantitative estimate of drug-likeness (QED) is 0.374. The zero-order chi connectivity index (χ0) is 28.1. The second-order valence-corrected chi connectivity index (χ2v) is 13.8. The standard InChI is InChI=1S/C26H28F3NO6S2/c1-17-10-7-8-13-19(17)23-24(31)25(2,37(32,33)18-11-5-4-6-12-18)16-20-21(30(23)3)14-9-15-22(20)36-38(34,35)26(27,28)29/h4-8,10-13,21,23H,9,14-16H2,1-3H3. The van der Waals surface area contributed by atoms with Gasteiger partial charge in [0.1, 0.15) is 10.5 Å². The summed E-state index contributed by atoms with van der Waals surface area (Å²) in [5, 5.41) is 0. The third-order valence-corrected chi connectivity index (χ3v) is 10.9. The molecule has 3 unspecified atom stereocenters. The number of rotatable bonds is 5. The first-order chi connectivity index (χ1) is 17.6. The summed E-state index contributed by atoms with van der Waals surface area (Å²) < 4.78 is 94.2. The lowest BCUT2D eigenvalue weighted by Gasteiger charge is -2.36. The van der Waals surface area contributed by atoms with Gasteiger partial charge in [0.2, 0.25) is 0 Å². The molecule has 2 aromatic carbocycles. The highest BCUT2D eigenvalue weighted by molar-refractivity contribution is 7.93. The Morgan fingerprint density at radius 2 is 1.61 bits per heavy atom. The predicted octanol–water partition coefficient (Wildman–Crippen LogP) is 4.85. The first-order valence-electron chi connectivity index (χ1n) is 12.0. The summed E-state index contributed by atoms with van der Waals surface area (Å²) in [5.74, 6) is -1.11. The molecule has 1 aliphatic carbocycles. The van der Waals surface area contributed by atoms with Crippen molar-refractivity contribution in [3.63, 3.8) is 0 Å². The van der Waals surface area contributed by atoms with Crippen LogP contribution in [0.15, 0.2) is 70.8 Å². The van der Waals surface area contributed by atoms with Crippen LogP contribution in [-0.4, -0.2) is 50.9 Å². The van der Waals surface area contributed by atoms with Crippen LogP contribution in [0.1, 0.15) is 49.8 Å². The van der Waals surface area contributed by atoms with E-state index in [1.54, 1.807) is 49.2 Å². The summed E-state index contributed by atoms with van der Waals surface area (Å²) in [6.07, 6.45) is 0.0166. The normalized spacial score (nSPS) is 25.6. The predicted molar refractivity (Wildman–Crippen MR) is 134 cm³/mol. The van der Waals surface area contributed by atoms with Crippen molar-refractivity contribution >= 4 is 25.7 Å². The second-order valence-electron chi connectivity index (χ2n) is 9.85. The van der Waals surface area contributed by atoms with E-state index in [0.29, 0.717) is 12.0 Å². The van der Waals surface area contributed by atoms with Crippen molar-refractivity contribution in [3.8, 4) is 0 Å². The Labute approximate surface area is 220 Å². The maximum Gasteiger partial charge on any atom is 0.534 e. The van der Waals surface area contributed by atoms with Gasteiger partial charge in [-0.25, -0.2) is 8.42 Å². The molecule has 2 aromatic rings.